The topological polar surface area (TPSA) is 38.0 Å². The molecule has 0 aliphatic heterocycles. The largest absolute Gasteiger partial charge is 0.416 e. The molecule has 6 heteroatoms. The minimum absolute atomic E-state index is 0.142. The fraction of sp³-hybridized carbons (Fsp3) is 0.200. The Labute approximate surface area is 129 Å². The molecule has 0 radical (unpaired) electrons. The van der Waals surface area contributed by atoms with Crippen molar-refractivity contribution in [2.45, 2.75) is 18.6 Å². The van der Waals surface area contributed by atoms with Crippen LogP contribution in [0.15, 0.2) is 53.0 Å². The Balaban J connectivity index is 2.37. The van der Waals surface area contributed by atoms with Gasteiger partial charge in [-0.15, -0.1) is 0 Å². The Morgan fingerprint density at radius 1 is 1.05 bits per heavy atom. The zero-order valence-corrected chi connectivity index (χ0v) is 12.6. The fourth-order valence-corrected chi connectivity index (χ4v) is 2.65. The lowest BCUT2D eigenvalue weighted by molar-refractivity contribution is -0.138. The first-order valence-corrected chi connectivity index (χ1v) is 7.08. The molecule has 112 valence electrons. The van der Waals surface area contributed by atoms with Gasteiger partial charge in [0, 0.05) is 4.47 Å². The molecule has 3 N–H and O–H groups in total. The van der Waals surface area contributed by atoms with Gasteiger partial charge in [-0.05, 0) is 29.7 Å². The molecular weight excluding hydrogens is 345 g/mol. The van der Waals surface area contributed by atoms with Gasteiger partial charge in [0.05, 0.1) is 11.6 Å². The lowest BCUT2D eigenvalue weighted by Crippen LogP contribution is -2.31. The molecule has 0 saturated carbocycles. The fourth-order valence-electron chi connectivity index (χ4n) is 2.20. The van der Waals surface area contributed by atoms with Gasteiger partial charge in [-0.3, -0.25) is 11.3 Å². The van der Waals surface area contributed by atoms with Crippen LogP contribution in [0.25, 0.3) is 0 Å². The Kier molecular flexibility index (Phi) is 5.03. The second kappa shape index (κ2) is 6.60. The minimum Gasteiger partial charge on any atom is -0.271 e. The second-order valence-corrected chi connectivity index (χ2v) is 5.45. The first-order valence-electron chi connectivity index (χ1n) is 6.29. The summed E-state index contributed by atoms with van der Waals surface area (Å²) in [5.74, 6) is 5.48. The van der Waals surface area contributed by atoms with Gasteiger partial charge in [0.15, 0.2) is 0 Å². The Morgan fingerprint density at radius 2 is 1.67 bits per heavy atom. The molecule has 1 atom stereocenters. The highest BCUT2D eigenvalue weighted by Crippen LogP contribution is 2.35. The van der Waals surface area contributed by atoms with Crippen LogP contribution in [0.5, 0.6) is 0 Å². The summed E-state index contributed by atoms with van der Waals surface area (Å²) in [7, 11) is 0. The van der Waals surface area contributed by atoms with Crippen LogP contribution in [-0.4, -0.2) is 0 Å². The van der Waals surface area contributed by atoms with E-state index in [-0.39, 0.29) is 5.56 Å². The zero-order chi connectivity index (χ0) is 15.5. The summed E-state index contributed by atoms with van der Waals surface area (Å²) in [6.45, 7) is 0. The van der Waals surface area contributed by atoms with Crippen molar-refractivity contribution in [3.63, 3.8) is 0 Å². The molecule has 0 heterocycles. The van der Waals surface area contributed by atoms with Crippen molar-refractivity contribution >= 4 is 15.9 Å². The smallest absolute Gasteiger partial charge is 0.271 e. The monoisotopic (exact) mass is 358 g/mol. The molecule has 21 heavy (non-hydrogen) atoms. The van der Waals surface area contributed by atoms with Gasteiger partial charge in [-0.1, -0.05) is 52.3 Å². The van der Waals surface area contributed by atoms with E-state index < -0.39 is 17.8 Å². The number of nitrogens with one attached hydrogen (secondary N) is 1. The van der Waals surface area contributed by atoms with Crippen molar-refractivity contribution < 1.29 is 13.2 Å². The highest BCUT2D eigenvalue weighted by atomic mass is 79.9. The van der Waals surface area contributed by atoms with Crippen molar-refractivity contribution in [3.8, 4) is 0 Å². The number of hydrogen-bond acceptors (Lipinski definition) is 2. The zero-order valence-electron chi connectivity index (χ0n) is 11.0. The van der Waals surface area contributed by atoms with Crippen molar-refractivity contribution in [2.24, 2.45) is 5.84 Å². The maximum absolute atomic E-state index is 13.1. The molecule has 0 aromatic heterocycles. The Bertz CT molecular complexity index is 614. The third kappa shape index (κ3) is 3.84. The van der Waals surface area contributed by atoms with E-state index in [1.807, 2.05) is 24.3 Å². The Hall–Kier alpha value is -1.37. The summed E-state index contributed by atoms with van der Waals surface area (Å²) in [5, 5.41) is 0. The molecule has 2 nitrogen and oxygen atoms in total. The number of nitrogens with two attached hydrogens (primary N) is 1. The normalized spacial score (nSPS) is 13.2. The predicted molar refractivity (Wildman–Crippen MR) is 79.4 cm³/mol. The van der Waals surface area contributed by atoms with E-state index in [1.165, 1.54) is 12.1 Å². The summed E-state index contributed by atoms with van der Waals surface area (Å²) < 4.78 is 40.1. The quantitative estimate of drug-likeness (QED) is 0.634. The summed E-state index contributed by atoms with van der Waals surface area (Å²) >= 11 is 3.39. The van der Waals surface area contributed by atoms with E-state index >= 15 is 0 Å². The van der Waals surface area contributed by atoms with Gasteiger partial charge in [-0.25, -0.2) is 0 Å². The number of hydrogen-bond donors (Lipinski definition) is 2. The molecule has 0 saturated heterocycles. The molecule has 2 aromatic carbocycles. The first-order chi connectivity index (χ1) is 9.93. The third-order valence-corrected chi connectivity index (χ3v) is 4.00. The molecule has 0 bridgehead atoms. The maximum atomic E-state index is 13.1. The van der Waals surface area contributed by atoms with Crippen LogP contribution >= 0.6 is 15.9 Å². The number of benzene rings is 2. The molecular formula is C15H14BrF3N2. The average molecular weight is 359 g/mol. The SMILES string of the molecule is NNC(Cc1ccccc1Br)c1ccccc1C(F)(F)F. The van der Waals surface area contributed by atoms with Crippen LogP contribution in [0.4, 0.5) is 13.2 Å². The van der Waals surface area contributed by atoms with Crippen LogP contribution in [0.3, 0.4) is 0 Å². The van der Waals surface area contributed by atoms with E-state index in [0.29, 0.717) is 6.42 Å². The third-order valence-electron chi connectivity index (χ3n) is 3.22. The van der Waals surface area contributed by atoms with Crippen molar-refractivity contribution in [1.29, 1.82) is 0 Å². The van der Waals surface area contributed by atoms with Gasteiger partial charge >= 0.3 is 6.18 Å². The molecule has 1 unspecified atom stereocenters. The molecule has 2 rings (SSSR count). The number of alkyl halides is 3. The second-order valence-electron chi connectivity index (χ2n) is 4.60. The van der Waals surface area contributed by atoms with E-state index in [2.05, 4.69) is 21.4 Å². The van der Waals surface area contributed by atoms with Crippen molar-refractivity contribution in [2.75, 3.05) is 0 Å². The summed E-state index contributed by atoms with van der Waals surface area (Å²) in [4.78, 5) is 0. The van der Waals surface area contributed by atoms with Crippen LogP contribution in [0.2, 0.25) is 0 Å². The van der Waals surface area contributed by atoms with E-state index in [1.54, 1.807) is 6.07 Å². The van der Waals surface area contributed by atoms with Gasteiger partial charge in [0.25, 0.3) is 0 Å². The molecule has 0 fully saturated rings. The van der Waals surface area contributed by atoms with Gasteiger partial charge in [0.2, 0.25) is 0 Å². The number of hydrazine groups is 1. The lowest BCUT2D eigenvalue weighted by atomic mass is 9.95. The Morgan fingerprint density at radius 3 is 2.29 bits per heavy atom. The van der Waals surface area contributed by atoms with E-state index in [0.717, 1.165) is 16.1 Å². The van der Waals surface area contributed by atoms with Crippen molar-refractivity contribution in [1.82, 2.24) is 5.43 Å². The van der Waals surface area contributed by atoms with Crippen molar-refractivity contribution in [3.05, 3.63) is 69.7 Å². The lowest BCUT2D eigenvalue weighted by Gasteiger charge is -2.21. The highest BCUT2D eigenvalue weighted by molar-refractivity contribution is 9.10. The van der Waals surface area contributed by atoms with Crippen LogP contribution in [0.1, 0.15) is 22.7 Å². The maximum Gasteiger partial charge on any atom is 0.416 e. The predicted octanol–water partition coefficient (Wildman–Crippen LogP) is 4.22. The summed E-state index contributed by atoms with van der Waals surface area (Å²) in [5.41, 5.74) is 2.85. The molecule has 0 spiro atoms. The number of halogens is 4. The minimum atomic E-state index is -4.40. The molecule has 0 aliphatic carbocycles. The van der Waals surface area contributed by atoms with Crippen LogP contribution < -0.4 is 11.3 Å². The average Bonchev–Trinajstić information content (AvgIpc) is 2.45. The van der Waals surface area contributed by atoms with E-state index in [4.69, 9.17) is 5.84 Å². The first kappa shape index (κ1) is 16.0. The summed E-state index contributed by atoms with van der Waals surface area (Å²) in [6.07, 6.45) is -4.05. The molecule has 2 aromatic rings. The van der Waals surface area contributed by atoms with E-state index in [9.17, 15) is 13.2 Å². The standard InChI is InChI=1S/C15H14BrF3N2/c16-13-8-4-1-5-10(13)9-14(21-20)11-6-2-3-7-12(11)15(17,18)19/h1-8,14,21H,9,20H2. The van der Waals surface area contributed by atoms with Gasteiger partial charge in [-0.2, -0.15) is 13.2 Å². The highest BCUT2D eigenvalue weighted by Gasteiger charge is 2.34. The van der Waals surface area contributed by atoms with Crippen LogP contribution in [0, 0.1) is 0 Å². The number of rotatable bonds is 4. The molecule has 0 amide bonds. The van der Waals surface area contributed by atoms with Gasteiger partial charge in [0.1, 0.15) is 0 Å². The van der Waals surface area contributed by atoms with Gasteiger partial charge < -0.3 is 0 Å². The molecule has 0 aliphatic rings. The summed E-state index contributed by atoms with van der Waals surface area (Å²) in [6, 6.07) is 12.2. The van der Waals surface area contributed by atoms with Crippen LogP contribution in [-0.2, 0) is 12.6 Å².